The summed E-state index contributed by atoms with van der Waals surface area (Å²) in [5.74, 6) is 2.56. The second-order valence-electron chi connectivity index (χ2n) is 15.2. The number of benzene rings is 4. The summed E-state index contributed by atoms with van der Waals surface area (Å²) in [5.41, 5.74) is 20.3. The monoisotopic (exact) mass is 636 g/mol. The Hall–Kier alpha value is -4.68. The van der Waals surface area contributed by atoms with Gasteiger partial charge in [0, 0.05) is 17.8 Å². The second kappa shape index (κ2) is 12.6. The summed E-state index contributed by atoms with van der Waals surface area (Å²) in [5, 5.41) is 0. The zero-order chi connectivity index (χ0) is 33.8. The maximum Gasteiger partial charge on any atom is 0.0126 e. The van der Waals surface area contributed by atoms with E-state index in [1.807, 2.05) is 0 Å². The van der Waals surface area contributed by atoms with E-state index in [0.717, 1.165) is 12.8 Å². The Kier molecular flexibility index (Phi) is 8.15. The lowest BCUT2D eigenvalue weighted by molar-refractivity contribution is 0.476. The van der Waals surface area contributed by atoms with Gasteiger partial charge in [-0.25, -0.2) is 0 Å². The normalized spacial score (nSPS) is 27.3. The van der Waals surface area contributed by atoms with Crippen LogP contribution in [-0.4, -0.2) is 0 Å². The molecule has 3 fully saturated rings. The van der Waals surface area contributed by atoms with Crippen LogP contribution in [0.25, 0.3) is 17.7 Å². The standard InChI is InChI=1S/C49H48/c1-30-15-20-39(21-16-30)47(38-11-8-7-9-12-38)27-36-17-22-40(23-18-36)49-43-14-10-13-42(43)48-28-37(19-24-44(48)49)26-41-29-46(35(6)33(41)4)45-25-31(2)32(3)34(45)5/h7-9,11-12,15-24,26-28,32,35,42-43,49H,2,4-5,10,13-14,25,29H2,1,3,6H3/b41-26-,46-45+,47-27+. The maximum atomic E-state index is 4.58. The van der Waals surface area contributed by atoms with Gasteiger partial charge in [-0.3, -0.25) is 0 Å². The molecule has 4 aliphatic rings. The highest BCUT2D eigenvalue weighted by Gasteiger charge is 2.44. The minimum Gasteiger partial charge on any atom is -0.0989 e. The van der Waals surface area contributed by atoms with E-state index in [-0.39, 0.29) is 0 Å². The Morgan fingerprint density at radius 2 is 1.41 bits per heavy atom. The Morgan fingerprint density at radius 1 is 0.694 bits per heavy atom. The number of rotatable bonds is 5. The van der Waals surface area contributed by atoms with Gasteiger partial charge in [0.05, 0.1) is 0 Å². The van der Waals surface area contributed by atoms with E-state index >= 15 is 0 Å². The zero-order valence-corrected chi connectivity index (χ0v) is 29.4. The van der Waals surface area contributed by atoms with Gasteiger partial charge >= 0.3 is 0 Å². The number of aryl methyl sites for hydroxylation is 1. The number of allylic oxidation sites excluding steroid dienone is 6. The van der Waals surface area contributed by atoms with E-state index < -0.39 is 0 Å². The topological polar surface area (TPSA) is 0 Å². The number of fused-ring (bicyclic) bond motifs is 3. The van der Waals surface area contributed by atoms with E-state index in [4.69, 9.17) is 0 Å². The van der Waals surface area contributed by atoms with Crippen LogP contribution in [0.4, 0.5) is 0 Å². The molecule has 0 nitrogen and oxygen atoms in total. The highest BCUT2D eigenvalue weighted by Crippen LogP contribution is 2.57. The van der Waals surface area contributed by atoms with Crippen molar-refractivity contribution in [3.05, 3.63) is 195 Å². The first-order chi connectivity index (χ1) is 23.8. The molecule has 0 heterocycles. The van der Waals surface area contributed by atoms with Crippen LogP contribution in [0.3, 0.4) is 0 Å². The molecule has 244 valence electrons. The third kappa shape index (κ3) is 5.66. The van der Waals surface area contributed by atoms with Crippen molar-refractivity contribution in [2.45, 2.75) is 64.7 Å². The molecule has 3 saturated carbocycles. The second-order valence-corrected chi connectivity index (χ2v) is 15.2. The van der Waals surface area contributed by atoms with Gasteiger partial charge < -0.3 is 0 Å². The van der Waals surface area contributed by atoms with Crippen LogP contribution in [0.5, 0.6) is 0 Å². The van der Waals surface area contributed by atoms with Crippen LogP contribution < -0.4 is 0 Å². The fourth-order valence-electron chi connectivity index (χ4n) is 9.36. The molecule has 0 spiro atoms. The van der Waals surface area contributed by atoms with Gasteiger partial charge in [-0.2, -0.15) is 0 Å². The van der Waals surface area contributed by atoms with Crippen molar-refractivity contribution in [1.82, 2.24) is 0 Å². The Morgan fingerprint density at radius 3 is 2.12 bits per heavy atom. The quantitative estimate of drug-likeness (QED) is 0.151. The molecule has 49 heavy (non-hydrogen) atoms. The molecule has 0 radical (unpaired) electrons. The lowest BCUT2D eigenvalue weighted by atomic mass is 9.83. The average molecular weight is 637 g/mol. The summed E-state index contributed by atoms with van der Waals surface area (Å²) in [6.45, 7) is 20.1. The Balaban J connectivity index is 1.09. The molecule has 0 saturated heterocycles. The average Bonchev–Trinajstić information content (AvgIpc) is 3.85. The van der Waals surface area contributed by atoms with Gasteiger partial charge in [0.25, 0.3) is 0 Å². The third-order valence-electron chi connectivity index (χ3n) is 12.4. The van der Waals surface area contributed by atoms with E-state index in [1.165, 1.54) is 91.7 Å². The van der Waals surface area contributed by atoms with Crippen molar-refractivity contribution in [1.29, 1.82) is 0 Å². The summed E-state index contributed by atoms with van der Waals surface area (Å²) in [4.78, 5) is 0. The summed E-state index contributed by atoms with van der Waals surface area (Å²) in [6.07, 6.45) is 10.7. The molecule has 4 aliphatic carbocycles. The molecule has 5 unspecified atom stereocenters. The first kappa shape index (κ1) is 31.6. The molecule has 0 aromatic heterocycles. The van der Waals surface area contributed by atoms with Crippen LogP contribution in [0, 0.1) is 24.7 Å². The first-order valence-electron chi connectivity index (χ1n) is 18.3. The number of hydrogen-bond donors (Lipinski definition) is 0. The molecule has 0 heteroatoms. The van der Waals surface area contributed by atoms with Crippen LogP contribution in [0.2, 0.25) is 0 Å². The van der Waals surface area contributed by atoms with Crippen molar-refractivity contribution in [2.75, 3.05) is 0 Å². The van der Waals surface area contributed by atoms with E-state index in [0.29, 0.717) is 29.6 Å². The highest BCUT2D eigenvalue weighted by atomic mass is 14.5. The van der Waals surface area contributed by atoms with E-state index in [2.05, 4.69) is 150 Å². The van der Waals surface area contributed by atoms with Gasteiger partial charge in [-0.15, -0.1) is 0 Å². The van der Waals surface area contributed by atoms with Crippen LogP contribution >= 0.6 is 0 Å². The molecule has 5 atom stereocenters. The summed E-state index contributed by atoms with van der Waals surface area (Å²) < 4.78 is 0. The molecule has 0 N–H and O–H groups in total. The van der Waals surface area contributed by atoms with Crippen molar-refractivity contribution >= 4 is 17.7 Å². The largest absolute Gasteiger partial charge is 0.0989 e. The molecule has 8 rings (SSSR count). The SMILES string of the molecule is C=C1C/C(=C2/C/C(=C/c3ccc4c(c3)C3CCCC3C4c3ccc(/C=C(\c4ccccc4)c4ccc(C)cc4)cc3)C(=C)C2C)C(=C)C1C. The summed E-state index contributed by atoms with van der Waals surface area (Å²) in [6, 6.07) is 36.5. The molecule has 4 aromatic rings. The van der Waals surface area contributed by atoms with Gasteiger partial charge in [-0.1, -0.05) is 160 Å². The third-order valence-corrected chi connectivity index (χ3v) is 12.4. The van der Waals surface area contributed by atoms with Crippen LogP contribution in [0.1, 0.15) is 102 Å². The molecule has 0 amide bonds. The molecular weight excluding hydrogens is 589 g/mol. The summed E-state index contributed by atoms with van der Waals surface area (Å²) >= 11 is 0. The van der Waals surface area contributed by atoms with Crippen LogP contribution in [0.15, 0.2) is 150 Å². The fraction of sp³-hybridized carbons (Fsp3) is 0.265. The summed E-state index contributed by atoms with van der Waals surface area (Å²) in [7, 11) is 0. The smallest absolute Gasteiger partial charge is 0.0126 e. The van der Waals surface area contributed by atoms with E-state index in [9.17, 15) is 0 Å². The van der Waals surface area contributed by atoms with Gasteiger partial charge in [0.1, 0.15) is 0 Å². The molecule has 0 bridgehead atoms. The van der Waals surface area contributed by atoms with Crippen molar-refractivity contribution in [3.63, 3.8) is 0 Å². The van der Waals surface area contributed by atoms with Gasteiger partial charge in [-0.05, 0) is 117 Å². The minimum absolute atomic E-state index is 0.368. The minimum atomic E-state index is 0.368. The first-order valence-corrected chi connectivity index (χ1v) is 18.3. The maximum absolute atomic E-state index is 4.58. The predicted octanol–water partition coefficient (Wildman–Crippen LogP) is 13.0. The van der Waals surface area contributed by atoms with Gasteiger partial charge in [0.2, 0.25) is 0 Å². The van der Waals surface area contributed by atoms with Gasteiger partial charge in [0.15, 0.2) is 0 Å². The predicted molar refractivity (Wildman–Crippen MR) is 209 cm³/mol. The van der Waals surface area contributed by atoms with Crippen molar-refractivity contribution in [2.24, 2.45) is 17.8 Å². The highest BCUT2D eigenvalue weighted by molar-refractivity contribution is 5.91. The van der Waals surface area contributed by atoms with Crippen molar-refractivity contribution in [3.8, 4) is 0 Å². The molecular formula is C49H48. The lowest BCUT2D eigenvalue weighted by Crippen LogP contribution is -2.08. The lowest BCUT2D eigenvalue weighted by Gasteiger charge is -2.20. The van der Waals surface area contributed by atoms with Crippen LogP contribution in [-0.2, 0) is 0 Å². The zero-order valence-electron chi connectivity index (χ0n) is 29.4. The fourth-order valence-corrected chi connectivity index (χ4v) is 9.36. The number of hydrogen-bond acceptors (Lipinski definition) is 0. The Bertz CT molecular complexity index is 2060. The van der Waals surface area contributed by atoms with Crippen molar-refractivity contribution < 1.29 is 0 Å². The molecule has 0 aliphatic heterocycles. The van der Waals surface area contributed by atoms with E-state index in [1.54, 1.807) is 11.1 Å². The Labute approximate surface area is 294 Å². The molecule has 4 aromatic carbocycles.